The largest absolute Gasteiger partial charge is 0.368 e. The normalized spacial score (nSPS) is 15.6. The number of aldehydes is 1. The first-order chi connectivity index (χ1) is 8.70. The Bertz CT molecular complexity index is 424. The van der Waals surface area contributed by atoms with Crippen molar-refractivity contribution in [3.8, 4) is 0 Å². The lowest BCUT2D eigenvalue weighted by Crippen LogP contribution is -2.40. The topological polar surface area (TPSA) is 76.3 Å². The van der Waals surface area contributed by atoms with Gasteiger partial charge in [-0.3, -0.25) is 9.59 Å². The van der Waals surface area contributed by atoms with E-state index in [4.69, 9.17) is 5.73 Å². The maximum absolute atomic E-state index is 11.2. The molecule has 18 heavy (non-hydrogen) atoms. The second-order valence-corrected chi connectivity index (χ2v) is 4.60. The predicted molar refractivity (Wildman–Crippen MR) is 68.4 cm³/mol. The van der Waals surface area contributed by atoms with Crippen LogP contribution in [-0.4, -0.2) is 29.8 Å². The second-order valence-electron chi connectivity index (χ2n) is 4.60. The molecular weight excluding hydrogens is 230 g/mol. The molecule has 0 bridgehead atoms. The van der Waals surface area contributed by atoms with E-state index < -0.39 is 0 Å². The summed E-state index contributed by atoms with van der Waals surface area (Å²) < 4.78 is 0. The molecule has 1 saturated carbocycles. The fourth-order valence-electron chi connectivity index (χ4n) is 2.42. The Morgan fingerprint density at radius 3 is 2.67 bits per heavy atom. The Balaban J connectivity index is 2.20. The summed E-state index contributed by atoms with van der Waals surface area (Å²) in [5, 5.41) is 0. The second kappa shape index (κ2) is 5.62. The molecule has 2 N–H and O–H groups in total. The quantitative estimate of drug-likeness (QED) is 0.791. The van der Waals surface area contributed by atoms with Crippen LogP contribution in [0.4, 0.5) is 5.82 Å². The Labute approximate surface area is 106 Å². The van der Waals surface area contributed by atoms with Gasteiger partial charge in [0.15, 0.2) is 6.29 Å². The maximum Gasteiger partial charge on any atom is 0.237 e. The van der Waals surface area contributed by atoms with E-state index in [9.17, 15) is 9.59 Å². The SMILES string of the molecule is NC(=O)CN(c1ccc(C=O)cn1)C1CCCC1. The van der Waals surface area contributed by atoms with Crippen molar-refractivity contribution in [3.05, 3.63) is 23.9 Å². The van der Waals surface area contributed by atoms with Gasteiger partial charge in [0.25, 0.3) is 0 Å². The van der Waals surface area contributed by atoms with E-state index in [1.54, 1.807) is 12.1 Å². The van der Waals surface area contributed by atoms with Gasteiger partial charge in [0.2, 0.25) is 5.91 Å². The minimum Gasteiger partial charge on any atom is -0.368 e. The molecule has 1 aliphatic carbocycles. The molecule has 0 spiro atoms. The molecule has 0 radical (unpaired) electrons. The molecule has 1 aromatic rings. The van der Waals surface area contributed by atoms with E-state index in [0.717, 1.165) is 19.1 Å². The highest BCUT2D eigenvalue weighted by molar-refractivity contribution is 5.79. The van der Waals surface area contributed by atoms with Gasteiger partial charge in [0, 0.05) is 17.8 Å². The van der Waals surface area contributed by atoms with Crippen molar-refractivity contribution >= 4 is 18.0 Å². The van der Waals surface area contributed by atoms with Gasteiger partial charge in [-0.1, -0.05) is 12.8 Å². The summed E-state index contributed by atoms with van der Waals surface area (Å²) in [7, 11) is 0. The molecule has 0 atom stereocenters. The third-order valence-electron chi connectivity index (χ3n) is 3.29. The van der Waals surface area contributed by atoms with Crippen LogP contribution in [0.1, 0.15) is 36.0 Å². The van der Waals surface area contributed by atoms with Gasteiger partial charge in [0.05, 0.1) is 6.54 Å². The van der Waals surface area contributed by atoms with Gasteiger partial charge in [-0.15, -0.1) is 0 Å². The van der Waals surface area contributed by atoms with Gasteiger partial charge < -0.3 is 10.6 Å². The van der Waals surface area contributed by atoms with Gasteiger partial charge in [0.1, 0.15) is 5.82 Å². The van der Waals surface area contributed by atoms with E-state index >= 15 is 0 Å². The van der Waals surface area contributed by atoms with E-state index in [0.29, 0.717) is 17.4 Å². The van der Waals surface area contributed by atoms with Gasteiger partial charge in [-0.05, 0) is 25.0 Å². The van der Waals surface area contributed by atoms with Crippen molar-refractivity contribution in [3.63, 3.8) is 0 Å². The number of amides is 1. The van der Waals surface area contributed by atoms with E-state index in [1.165, 1.54) is 19.0 Å². The van der Waals surface area contributed by atoms with Crippen molar-refractivity contribution in [2.75, 3.05) is 11.4 Å². The lowest BCUT2D eigenvalue weighted by Gasteiger charge is -2.28. The molecule has 0 aromatic carbocycles. The monoisotopic (exact) mass is 247 g/mol. The molecule has 1 heterocycles. The van der Waals surface area contributed by atoms with Crippen LogP contribution >= 0.6 is 0 Å². The summed E-state index contributed by atoms with van der Waals surface area (Å²) in [5.41, 5.74) is 5.82. The van der Waals surface area contributed by atoms with Crippen molar-refractivity contribution in [1.29, 1.82) is 0 Å². The van der Waals surface area contributed by atoms with Crippen molar-refractivity contribution in [2.45, 2.75) is 31.7 Å². The summed E-state index contributed by atoms with van der Waals surface area (Å²) in [6, 6.07) is 3.80. The van der Waals surface area contributed by atoms with Crippen LogP contribution in [0.25, 0.3) is 0 Å². The van der Waals surface area contributed by atoms with Crippen LogP contribution in [0.2, 0.25) is 0 Å². The van der Waals surface area contributed by atoms with Gasteiger partial charge in [-0.2, -0.15) is 0 Å². The number of aromatic nitrogens is 1. The minimum absolute atomic E-state index is 0.179. The lowest BCUT2D eigenvalue weighted by molar-refractivity contribution is -0.116. The first-order valence-corrected chi connectivity index (χ1v) is 6.17. The van der Waals surface area contributed by atoms with Crippen LogP contribution < -0.4 is 10.6 Å². The fourth-order valence-corrected chi connectivity index (χ4v) is 2.42. The lowest BCUT2D eigenvalue weighted by atomic mass is 10.2. The number of carbonyl (C=O) groups excluding carboxylic acids is 2. The highest BCUT2D eigenvalue weighted by Crippen LogP contribution is 2.26. The molecule has 2 rings (SSSR count). The van der Waals surface area contributed by atoms with Crippen molar-refractivity contribution in [1.82, 2.24) is 4.98 Å². The maximum atomic E-state index is 11.2. The molecule has 0 aliphatic heterocycles. The summed E-state index contributed by atoms with van der Waals surface area (Å²) in [4.78, 5) is 27.9. The highest BCUT2D eigenvalue weighted by Gasteiger charge is 2.24. The third-order valence-corrected chi connectivity index (χ3v) is 3.29. The molecule has 0 saturated heterocycles. The first-order valence-electron chi connectivity index (χ1n) is 6.17. The number of hydrogen-bond acceptors (Lipinski definition) is 4. The van der Waals surface area contributed by atoms with Crippen LogP contribution in [0.5, 0.6) is 0 Å². The van der Waals surface area contributed by atoms with Gasteiger partial charge >= 0.3 is 0 Å². The number of nitrogens with zero attached hydrogens (tertiary/aromatic N) is 2. The number of hydrogen-bond donors (Lipinski definition) is 1. The predicted octanol–water partition coefficient (Wildman–Crippen LogP) is 1.13. The minimum atomic E-state index is -0.358. The zero-order chi connectivity index (χ0) is 13.0. The zero-order valence-electron chi connectivity index (χ0n) is 10.2. The molecule has 1 aliphatic rings. The Hall–Kier alpha value is -1.91. The van der Waals surface area contributed by atoms with E-state index in [-0.39, 0.29) is 12.5 Å². The number of anilines is 1. The summed E-state index contributed by atoms with van der Waals surface area (Å²) in [6.07, 6.45) is 6.74. The smallest absolute Gasteiger partial charge is 0.237 e. The number of nitrogens with two attached hydrogens (primary N) is 1. The Morgan fingerprint density at radius 1 is 1.44 bits per heavy atom. The van der Waals surface area contributed by atoms with Crippen LogP contribution in [-0.2, 0) is 4.79 Å². The molecule has 5 heteroatoms. The van der Waals surface area contributed by atoms with E-state index in [2.05, 4.69) is 4.98 Å². The molecule has 1 fully saturated rings. The summed E-state index contributed by atoms with van der Waals surface area (Å²) >= 11 is 0. The highest BCUT2D eigenvalue weighted by atomic mass is 16.1. The molecule has 1 aromatic heterocycles. The summed E-state index contributed by atoms with van der Waals surface area (Å²) in [6.45, 7) is 0.179. The van der Waals surface area contributed by atoms with E-state index in [1.807, 2.05) is 4.90 Å². The third kappa shape index (κ3) is 2.85. The van der Waals surface area contributed by atoms with Crippen LogP contribution in [0.3, 0.4) is 0 Å². The van der Waals surface area contributed by atoms with Crippen LogP contribution in [0, 0.1) is 0 Å². The number of primary amides is 1. The zero-order valence-corrected chi connectivity index (χ0v) is 10.2. The first kappa shape index (κ1) is 12.5. The standard InChI is InChI=1S/C13H17N3O2/c14-12(18)8-16(11-3-1-2-4-11)13-6-5-10(9-17)7-15-13/h5-7,9,11H,1-4,8H2,(H2,14,18). The number of rotatable bonds is 5. The van der Waals surface area contributed by atoms with Crippen LogP contribution in [0.15, 0.2) is 18.3 Å². The molecular formula is C13H17N3O2. The number of carbonyl (C=O) groups is 2. The van der Waals surface area contributed by atoms with Gasteiger partial charge in [-0.25, -0.2) is 4.98 Å². The van der Waals surface area contributed by atoms with Crippen molar-refractivity contribution < 1.29 is 9.59 Å². The Kier molecular flexibility index (Phi) is 3.92. The van der Waals surface area contributed by atoms with Crippen molar-refractivity contribution in [2.24, 2.45) is 5.73 Å². The summed E-state index contributed by atoms with van der Waals surface area (Å²) in [5.74, 6) is 0.356. The fraction of sp³-hybridized carbons (Fsp3) is 0.462. The molecule has 1 amide bonds. The average molecular weight is 247 g/mol. The average Bonchev–Trinajstić information content (AvgIpc) is 2.89. The Morgan fingerprint density at radius 2 is 2.17 bits per heavy atom. The molecule has 0 unspecified atom stereocenters. The number of pyridine rings is 1. The molecule has 5 nitrogen and oxygen atoms in total. The molecule has 96 valence electrons.